The number of halogens is 1. The Morgan fingerprint density at radius 1 is 1.25 bits per heavy atom. The van der Waals surface area contributed by atoms with Crippen LogP contribution in [0.1, 0.15) is 20.3 Å². The smallest absolute Gasteiger partial charge is 0.187 e. The fourth-order valence-corrected chi connectivity index (χ4v) is 0.904. The lowest BCUT2D eigenvalue weighted by Crippen LogP contribution is -3.00. The van der Waals surface area contributed by atoms with Gasteiger partial charge in [0.2, 0.25) is 0 Å². The van der Waals surface area contributed by atoms with Gasteiger partial charge >= 0.3 is 0 Å². The number of hydrogen-bond acceptors (Lipinski definition) is 1. The van der Waals surface area contributed by atoms with Gasteiger partial charge in [-0.1, -0.05) is 13.8 Å². The maximum Gasteiger partial charge on any atom is 0.187 e. The lowest BCUT2D eigenvalue weighted by Gasteiger charge is -1.99. The fourth-order valence-electron chi connectivity index (χ4n) is 0.904. The van der Waals surface area contributed by atoms with E-state index in [-0.39, 0.29) is 24.0 Å². The number of nitrogens with zero attached hydrogens (tertiary/aromatic N) is 2. The Morgan fingerprint density at radius 2 is 1.83 bits per heavy atom. The molecule has 0 fully saturated rings. The molecule has 0 bridgehead atoms. The van der Waals surface area contributed by atoms with E-state index in [0.29, 0.717) is 0 Å². The summed E-state index contributed by atoms with van der Waals surface area (Å²) in [4.78, 5) is 3.95. The molecule has 0 amide bonds. The zero-order chi connectivity index (χ0) is 8.10. The molecule has 68 valence electrons. The van der Waals surface area contributed by atoms with E-state index >= 15 is 0 Å². The van der Waals surface area contributed by atoms with Gasteiger partial charge in [0.05, 0.1) is 12.4 Å². The number of hydrogen-bond donors (Lipinski definition) is 0. The van der Waals surface area contributed by atoms with Crippen LogP contribution < -0.4 is 28.5 Å². The minimum atomic E-state index is 0. The van der Waals surface area contributed by atoms with Gasteiger partial charge in [-0.15, -0.1) is 0 Å². The van der Waals surface area contributed by atoms with Gasteiger partial charge in [-0.25, -0.2) is 4.57 Å². The second-order valence-electron chi connectivity index (χ2n) is 3.17. The SMILES string of the molecule is CC(C)CC[n+]1ccncc1.[I-]. The topological polar surface area (TPSA) is 16.8 Å². The van der Waals surface area contributed by atoms with Crippen molar-refractivity contribution in [2.45, 2.75) is 26.8 Å². The highest BCUT2D eigenvalue weighted by molar-refractivity contribution is 4.62. The van der Waals surface area contributed by atoms with Gasteiger partial charge in [-0.3, -0.25) is 4.98 Å². The molecule has 0 aromatic carbocycles. The predicted octanol–water partition coefficient (Wildman–Crippen LogP) is -1.58. The standard InChI is InChI=1S/C9H15N2.HI/c1-9(2)3-6-11-7-4-10-5-8-11;/h4-5,7-9H,3,6H2,1-2H3;1H/q+1;/p-1. The molecular formula is C9H15IN2. The molecule has 0 atom stereocenters. The maximum atomic E-state index is 3.95. The zero-order valence-electron chi connectivity index (χ0n) is 7.57. The van der Waals surface area contributed by atoms with Gasteiger partial charge in [0.25, 0.3) is 0 Å². The third-order valence-corrected chi connectivity index (χ3v) is 1.65. The van der Waals surface area contributed by atoms with Crippen LogP contribution in [-0.2, 0) is 6.54 Å². The minimum Gasteiger partial charge on any atom is -1.00 e. The van der Waals surface area contributed by atoms with Crippen LogP contribution in [0.3, 0.4) is 0 Å². The summed E-state index contributed by atoms with van der Waals surface area (Å²) in [6.07, 6.45) is 8.88. The van der Waals surface area contributed by atoms with Crippen LogP contribution >= 0.6 is 0 Å². The quantitative estimate of drug-likeness (QED) is 0.482. The van der Waals surface area contributed by atoms with E-state index < -0.39 is 0 Å². The molecule has 3 heteroatoms. The molecule has 0 unspecified atom stereocenters. The lowest BCUT2D eigenvalue weighted by molar-refractivity contribution is -0.698. The van der Waals surface area contributed by atoms with Crippen molar-refractivity contribution in [3.63, 3.8) is 0 Å². The van der Waals surface area contributed by atoms with Gasteiger partial charge in [0.15, 0.2) is 12.4 Å². The summed E-state index contributed by atoms with van der Waals surface area (Å²) in [5.41, 5.74) is 0. The average molecular weight is 278 g/mol. The second-order valence-corrected chi connectivity index (χ2v) is 3.17. The van der Waals surface area contributed by atoms with Crippen molar-refractivity contribution in [1.82, 2.24) is 4.98 Å². The van der Waals surface area contributed by atoms with Gasteiger partial charge < -0.3 is 24.0 Å². The first kappa shape index (κ1) is 11.8. The van der Waals surface area contributed by atoms with E-state index in [4.69, 9.17) is 0 Å². The van der Waals surface area contributed by atoms with Crippen molar-refractivity contribution in [3.8, 4) is 0 Å². The third kappa shape index (κ3) is 4.64. The second kappa shape index (κ2) is 6.34. The Balaban J connectivity index is 0.00000121. The Bertz CT molecular complexity index is 199. The first-order chi connectivity index (χ1) is 5.29. The molecule has 0 N–H and O–H groups in total. The molecule has 12 heavy (non-hydrogen) atoms. The summed E-state index contributed by atoms with van der Waals surface area (Å²) in [7, 11) is 0. The molecule has 0 aliphatic rings. The number of rotatable bonds is 3. The largest absolute Gasteiger partial charge is 1.00 e. The summed E-state index contributed by atoms with van der Waals surface area (Å²) in [6, 6.07) is 0. The number of aromatic nitrogens is 2. The Kier molecular flexibility index (Phi) is 6.24. The van der Waals surface area contributed by atoms with Gasteiger partial charge in [0.1, 0.15) is 6.54 Å². The Labute approximate surface area is 91.0 Å². The van der Waals surface area contributed by atoms with Crippen LogP contribution in [0.2, 0.25) is 0 Å². The molecule has 0 spiro atoms. The Hall–Kier alpha value is -0.190. The molecule has 0 saturated carbocycles. The van der Waals surface area contributed by atoms with Crippen LogP contribution in [0.4, 0.5) is 0 Å². The maximum absolute atomic E-state index is 3.95. The molecule has 2 nitrogen and oxygen atoms in total. The fraction of sp³-hybridized carbons (Fsp3) is 0.556. The van der Waals surface area contributed by atoms with E-state index in [1.54, 1.807) is 0 Å². The molecular weight excluding hydrogens is 263 g/mol. The van der Waals surface area contributed by atoms with Crippen molar-refractivity contribution in [3.05, 3.63) is 24.8 Å². The van der Waals surface area contributed by atoms with E-state index in [0.717, 1.165) is 12.5 Å². The zero-order valence-corrected chi connectivity index (χ0v) is 9.73. The molecule has 1 rings (SSSR count). The van der Waals surface area contributed by atoms with Gasteiger partial charge in [-0.05, 0) is 5.92 Å². The predicted molar refractivity (Wildman–Crippen MR) is 43.9 cm³/mol. The van der Waals surface area contributed by atoms with E-state index in [9.17, 15) is 0 Å². The molecule has 0 aliphatic carbocycles. The summed E-state index contributed by atoms with van der Waals surface area (Å²) < 4.78 is 2.16. The summed E-state index contributed by atoms with van der Waals surface area (Å²) in [6.45, 7) is 5.57. The minimum absolute atomic E-state index is 0. The third-order valence-electron chi connectivity index (χ3n) is 1.65. The van der Waals surface area contributed by atoms with Crippen molar-refractivity contribution >= 4 is 0 Å². The van der Waals surface area contributed by atoms with Crippen molar-refractivity contribution in [2.75, 3.05) is 0 Å². The molecule has 1 aromatic heterocycles. The molecule has 0 aliphatic heterocycles. The summed E-state index contributed by atoms with van der Waals surface area (Å²) in [5.74, 6) is 0.774. The highest BCUT2D eigenvalue weighted by atomic mass is 127. The first-order valence-corrected chi connectivity index (χ1v) is 4.08. The van der Waals surface area contributed by atoms with Crippen LogP contribution in [0.25, 0.3) is 0 Å². The summed E-state index contributed by atoms with van der Waals surface area (Å²) in [5, 5.41) is 0. The van der Waals surface area contributed by atoms with Crippen LogP contribution in [-0.4, -0.2) is 4.98 Å². The first-order valence-electron chi connectivity index (χ1n) is 4.08. The molecule has 0 radical (unpaired) electrons. The van der Waals surface area contributed by atoms with E-state index in [2.05, 4.69) is 23.4 Å². The van der Waals surface area contributed by atoms with Gasteiger partial charge in [-0.2, -0.15) is 0 Å². The highest BCUT2D eigenvalue weighted by Gasteiger charge is 1.99. The summed E-state index contributed by atoms with van der Waals surface area (Å²) >= 11 is 0. The molecule has 0 saturated heterocycles. The van der Waals surface area contributed by atoms with E-state index in [1.165, 1.54) is 6.42 Å². The molecule has 1 aromatic rings. The highest BCUT2D eigenvalue weighted by Crippen LogP contribution is 1.97. The number of aryl methyl sites for hydroxylation is 1. The van der Waals surface area contributed by atoms with E-state index in [1.807, 2.05) is 24.8 Å². The Morgan fingerprint density at radius 3 is 2.33 bits per heavy atom. The van der Waals surface area contributed by atoms with Crippen molar-refractivity contribution in [2.24, 2.45) is 5.92 Å². The van der Waals surface area contributed by atoms with Crippen LogP contribution in [0.15, 0.2) is 24.8 Å². The van der Waals surface area contributed by atoms with Crippen molar-refractivity contribution in [1.29, 1.82) is 0 Å². The average Bonchev–Trinajstić information content (AvgIpc) is 2.03. The lowest BCUT2D eigenvalue weighted by atomic mass is 10.1. The van der Waals surface area contributed by atoms with Crippen LogP contribution in [0, 0.1) is 5.92 Å². The monoisotopic (exact) mass is 278 g/mol. The molecule has 1 heterocycles. The van der Waals surface area contributed by atoms with Crippen molar-refractivity contribution < 1.29 is 28.5 Å². The van der Waals surface area contributed by atoms with Gasteiger partial charge in [0, 0.05) is 6.42 Å². The normalized spacial score (nSPS) is 9.58. The van der Waals surface area contributed by atoms with Crippen LogP contribution in [0.5, 0.6) is 0 Å².